The van der Waals surface area contributed by atoms with Crippen LogP contribution in [-0.4, -0.2) is 59.7 Å². The fourth-order valence-corrected chi connectivity index (χ4v) is 3.58. The Morgan fingerprint density at radius 1 is 1.34 bits per heavy atom. The molecule has 2 atom stereocenters. The number of ether oxygens (including phenoxy) is 3. The molecule has 170 valence electrons. The number of amides is 1. The number of methoxy groups -OCH3 is 1. The van der Waals surface area contributed by atoms with Crippen molar-refractivity contribution in [2.45, 2.75) is 31.3 Å². The summed E-state index contributed by atoms with van der Waals surface area (Å²) in [5.74, 6) is -1.23. The average Bonchev–Trinajstić information content (AvgIpc) is 2.77. The van der Waals surface area contributed by atoms with Gasteiger partial charge in [0.2, 0.25) is 0 Å². The Kier molecular flexibility index (Phi) is 7.05. The third kappa shape index (κ3) is 5.03. The molecule has 1 N–H and O–H groups in total. The fourth-order valence-electron chi connectivity index (χ4n) is 3.58. The van der Waals surface area contributed by atoms with Gasteiger partial charge in [0.25, 0.3) is 11.8 Å². The van der Waals surface area contributed by atoms with Gasteiger partial charge in [0.05, 0.1) is 25.3 Å². The largest absolute Gasteiger partial charge is 0.573 e. The van der Waals surface area contributed by atoms with Crippen LogP contribution in [0, 0.1) is 11.3 Å². The number of halogens is 3. The molecule has 3 rings (SSSR count). The molecule has 0 radical (unpaired) electrons. The number of pyridine rings is 1. The minimum Gasteiger partial charge on any atom is -0.490 e. The number of rotatable bonds is 6. The number of hydrogen-bond donors (Lipinski definition) is 1. The second-order valence-corrected chi connectivity index (χ2v) is 6.90. The first-order chi connectivity index (χ1) is 15.3. The second kappa shape index (κ2) is 9.74. The lowest BCUT2D eigenvalue weighted by Crippen LogP contribution is -2.55. The van der Waals surface area contributed by atoms with Gasteiger partial charge in [0.1, 0.15) is 23.5 Å². The topological polar surface area (TPSA) is 105 Å². The van der Waals surface area contributed by atoms with Crippen molar-refractivity contribution in [3.8, 4) is 23.4 Å². The Morgan fingerprint density at radius 2 is 2.09 bits per heavy atom. The van der Waals surface area contributed by atoms with Crippen molar-refractivity contribution >= 4 is 5.91 Å². The van der Waals surface area contributed by atoms with E-state index in [4.69, 9.17) is 9.47 Å². The van der Waals surface area contributed by atoms with Crippen molar-refractivity contribution in [2.75, 3.05) is 20.3 Å². The number of aromatic nitrogens is 1. The predicted octanol–water partition coefficient (Wildman–Crippen LogP) is 2.90. The van der Waals surface area contributed by atoms with Gasteiger partial charge in [-0.25, -0.2) is 4.98 Å². The highest BCUT2D eigenvalue weighted by atomic mass is 19.4. The molecule has 0 aliphatic carbocycles. The second-order valence-electron chi connectivity index (χ2n) is 6.90. The van der Waals surface area contributed by atoms with Crippen LogP contribution in [0.15, 0.2) is 36.5 Å². The highest BCUT2D eigenvalue weighted by molar-refractivity contribution is 5.97. The van der Waals surface area contributed by atoms with Gasteiger partial charge >= 0.3 is 6.36 Å². The molecule has 1 aliphatic rings. The maximum Gasteiger partial charge on any atom is 0.573 e. The number of nitrogens with zero attached hydrogens (tertiary/aromatic N) is 3. The highest BCUT2D eigenvalue weighted by Gasteiger charge is 2.39. The standard InChI is InChI=1S/C21H20F3N3O5/c1-30-18-13(11-25)8-9-26-19(18)31-17-7-4-10-27(15(17)12-28)20(29)14-5-2-3-6-16(14)32-21(22,23)24/h2-3,5-6,8-9,15,17,28H,4,7,10,12H2,1H3. The smallest absolute Gasteiger partial charge is 0.490 e. The quantitative estimate of drug-likeness (QED) is 0.720. The van der Waals surface area contributed by atoms with E-state index in [1.165, 1.54) is 42.5 Å². The van der Waals surface area contributed by atoms with Crippen LogP contribution in [0.5, 0.6) is 17.4 Å². The van der Waals surface area contributed by atoms with Gasteiger partial charge < -0.3 is 24.2 Å². The van der Waals surface area contributed by atoms with Crippen LogP contribution in [-0.2, 0) is 0 Å². The first-order valence-corrected chi connectivity index (χ1v) is 9.65. The molecule has 0 spiro atoms. The van der Waals surface area contributed by atoms with Crippen molar-refractivity contribution in [1.82, 2.24) is 9.88 Å². The third-order valence-corrected chi connectivity index (χ3v) is 4.97. The molecule has 0 saturated carbocycles. The zero-order valence-corrected chi connectivity index (χ0v) is 17.0. The van der Waals surface area contributed by atoms with Crippen molar-refractivity contribution in [1.29, 1.82) is 5.26 Å². The van der Waals surface area contributed by atoms with E-state index in [0.29, 0.717) is 12.8 Å². The molecule has 1 fully saturated rings. The molecule has 1 aromatic carbocycles. The molecule has 0 bridgehead atoms. The first-order valence-electron chi connectivity index (χ1n) is 9.65. The van der Waals surface area contributed by atoms with Crippen LogP contribution in [0.3, 0.4) is 0 Å². The van der Waals surface area contributed by atoms with Gasteiger partial charge in [-0.2, -0.15) is 5.26 Å². The first kappa shape index (κ1) is 23.1. The van der Waals surface area contributed by atoms with E-state index in [-0.39, 0.29) is 29.3 Å². The summed E-state index contributed by atoms with van der Waals surface area (Å²) in [4.78, 5) is 18.5. The summed E-state index contributed by atoms with van der Waals surface area (Å²) in [7, 11) is 1.35. The van der Waals surface area contributed by atoms with E-state index >= 15 is 0 Å². The molecule has 32 heavy (non-hydrogen) atoms. The molecule has 8 nitrogen and oxygen atoms in total. The molecule has 1 aromatic heterocycles. The summed E-state index contributed by atoms with van der Waals surface area (Å²) in [6.45, 7) is -0.300. The summed E-state index contributed by atoms with van der Waals surface area (Å²) >= 11 is 0. The van der Waals surface area contributed by atoms with Crippen LogP contribution in [0.2, 0.25) is 0 Å². The van der Waals surface area contributed by atoms with Crippen LogP contribution in [0.4, 0.5) is 13.2 Å². The summed E-state index contributed by atoms with van der Waals surface area (Å²) in [6.07, 6.45) is -3.43. The molecule has 11 heteroatoms. The van der Waals surface area contributed by atoms with Gasteiger partial charge in [0.15, 0.2) is 5.75 Å². The fraction of sp³-hybridized carbons (Fsp3) is 0.381. The number of hydrogen-bond acceptors (Lipinski definition) is 7. The number of aliphatic hydroxyl groups is 1. The lowest BCUT2D eigenvalue weighted by atomic mass is 9.97. The summed E-state index contributed by atoms with van der Waals surface area (Å²) in [6, 6.07) is 7.56. The molecular weight excluding hydrogens is 431 g/mol. The van der Waals surface area contributed by atoms with Crippen molar-refractivity contribution in [3.63, 3.8) is 0 Å². The zero-order valence-electron chi connectivity index (χ0n) is 17.0. The van der Waals surface area contributed by atoms with E-state index in [1.54, 1.807) is 0 Å². The summed E-state index contributed by atoms with van der Waals surface area (Å²) < 4.78 is 53.4. The Labute approximate surface area is 181 Å². The summed E-state index contributed by atoms with van der Waals surface area (Å²) in [5.41, 5.74) is -0.0916. The minimum absolute atomic E-state index is 0.0186. The number of benzene rings is 1. The van der Waals surface area contributed by atoms with Gasteiger partial charge in [0, 0.05) is 12.7 Å². The van der Waals surface area contributed by atoms with E-state index in [0.717, 1.165) is 6.07 Å². The van der Waals surface area contributed by atoms with Gasteiger partial charge in [-0.05, 0) is 31.0 Å². The van der Waals surface area contributed by atoms with E-state index in [1.807, 2.05) is 6.07 Å². The van der Waals surface area contributed by atoms with Gasteiger partial charge in [-0.1, -0.05) is 12.1 Å². The van der Waals surface area contributed by atoms with Crippen molar-refractivity contribution in [2.24, 2.45) is 0 Å². The lowest BCUT2D eigenvalue weighted by Gasteiger charge is -2.40. The van der Waals surface area contributed by atoms with E-state index in [2.05, 4.69) is 9.72 Å². The van der Waals surface area contributed by atoms with Gasteiger partial charge in [-0.15, -0.1) is 13.2 Å². The van der Waals surface area contributed by atoms with Crippen LogP contribution >= 0.6 is 0 Å². The minimum atomic E-state index is -4.96. The molecule has 2 unspecified atom stereocenters. The Hall–Kier alpha value is -3.52. The van der Waals surface area contributed by atoms with Crippen LogP contribution < -0.4 is 14.2 Å². The number of carbonyl (C=O) groups excluding carboxylic acids is 1. The van der Waals surface area contributed by atoms with Crippen molar-refractivity contribution in [3.05, 3.63) is 47.7 Å². The molecule has 1 amide bonds. The van der Waals surface area contributed by atoms with Gasteiger partial charge in [-0.3, -0.25) is 4.79 Å². The SMILES string of the molecule is COc1c(C#N)ccnc1OC1CCCN(C(=O)c2ccccc2OC(F)(F)F)C1CO. The molecule has 2 heterocycles. The predicted molar refractivity (Wildman–Crippen MR) is 104 cm³/mol. The van der Waals surface area contributed by atoms with E-state index < -0.39 is 36.8 Å². The number of aliphatic hydroxyl groups excluding tert-OH is 1. The number of para-hydroxylation sites is 1. The van der Waals surface area contributed by atoms with Crippen LogP contribution in [0.25, 0.3) is 0 Å². The number of piperidine rings is 1. The lowest BCUT2D eigenvalue weighted by molar-refractivity contribution is -0.274. The number of nitriles is 1. The molecule has 2 aromatic rings. The number of carbonyl (C=O) groups is 1. The molecule has 1 saturated heterocycles. The number of alkyl halides is 3. The highest BCUT2D eigenvalue weighted by Crippen LogP contribution is 2.33. The Bertz CT molecular complexity index is 1010. The van der Waals surface area contributed by atoms with Crippen molar-refractivity contribution < 1.29 is 37.3 Å². The maximum atomic E-state index is 13.1. The summed E-state index contributed by atoms with van der Waals surface area (Å²) in [5, 5.41) is 19.2. The molecule has 1 aliphatic heterocycles. The maximum absolute atomic E-state index is 13.1. The average molecular weight is 451 g/mol. The van der Waals surface area contributed by atoms with Crippen LogP contribution in [0.1, 0.15) is 28.8 Å². The third-order valence-electron chi connectivity index (χ3n) is 4.97. The monoisotopic (exact) mass is 451 g/mol. The number of likely N-dealkylation sites (tertiary alicyclic amines) is 1. The normalized spacial score (nSPS) is 18.6. The Balaban J connectivity index is 1.88. The Morgan fingerprint density at radius 3 is 2.75 bits per heavy atom. The molecular formula is C21H20F3N3O5. The van der Waals surface area contributed by atoms with E-state index in [9.17, 15) is 28.3 Å². The zero-order chi connectivity index (χ0) is 23.3.